The standard InChI is InChI=1S/C18H18BrN3O2S/c1-12(23)21-6-4-18(10-21)11-22(15-3-2-13(19)8-14(15)18)17(24)9-16-20-5-7-25-16/h2-3,5,7-8H,4,6,9-11H2,1H3/t18-/m1/s1. The molecule has 130 valence electrons. The molecule has 0 aliphatic carbocycles. The Kier molecular flexibility index (Phi) is 4.16. The van der Waals surface area contributed by atoms with Crippen LogP contribution >= 0.6 is 27.3 Å². The first-order valence-electron chi connectivity index (χ1n) is 8.23. The second kappa shape index (κ2) is 6.21. The van der Waals surface area contributed by atoms with Crippen LogP contribution in [0.3, 0.4) is 0 Å². The lowest BCUT2D eigenvalue weighted by molar-refractivity contribution is -0.127. The molecule has 2 aliphatic rings. The molecule has 1 atom stereocenters. The summed E-state index contributed by atoms with van der Waals surface area (Å²) in [6.45, 7) is 3.66. The molecule has 2 aliphatic heterocycles. The van der Waals surface area contributed by atoms with Crippen LogP contribution in [-0.4, -0.2) is 41.3 Å². The van der Waals surface area contributed by atoms with Crippen LogP contribution in [0.1, 0.15) is 23.9 Å². The molecule has 5 nitrogen and oxygen atoms in total. The number of carbonyl (C=O) groups is 2. The Hall–Kier alpha value is -1.73. The maximum Gasteiger partial charge on any atom is 0.233 e. The number of benzene rings is 1. The summed E-state index contributed by atoms with van der Waals surface area (Å²) in [6.07, 6.45) is 2.93. The van der Waals surface area contributed by atoms with E-state index in [1.165, 1.54) is 11.3 Å². The van der Waals surface area contributed by atoms with E-state index in [-0.39, 0.29) is 17.2 Å². The molecular formula is C18H18BrN3O2S. The van der Waals surface area contributed by atoms with Crippen LogP contribution < -0.4 is 4.90 Å². The number of rotatable bonds is 2. The van der Waals surface area contributed by atoms with Gasteiger partial charge in [-0.15, -0.1) is 11.3 Å². The number of carbonyl (C=O) groups excluding carboxylic acids is 2. The van der Waals surface area contributed by atoms with Crippen molar-refractivity contribution in [2.75, 3.05) is 24.5 Å². The Labute approximate surface area is 158 Å². The molecule has 0 N–H and O–H groups in total. The zero-order valence-corrected chi connectivity index (χ0v) is 16.3. The highest BCUT2D eigenvalue weighted by atomic mass is 79.9. The third-order valence-electron chi connectivity index (χ3n) is 5.17. The van der Waals surface area contributed by atoms with Crippen molar-refractivity contribution in [3.8, 4) is 0 Å². The number of nitrogens with zero attached hydrogens (tertiary/aromatic N) is 3. The Morgan fingerprint density at radius 3 is 2.88 bits per heavy atom. The van der Waals surface area contributed by atoms with Crippen LogP contribution in [0.25, 0.3) is 0 Å². The molecule has 0 bridgehead atoms. The molecule has 2 amide bonds. The normalized spacial score (nSPS) is 21.8. The van der Waals surface area contributed by atoms with Gasteiger partial charge in [-0.2, -0.15) is 0 Å². The van der Waals surface area contributed by atoms with Gasteiger partial charge in [-0.25, -0.2) is 4.98 Å². The van der Waals surface area contributed by atoms with Crippen molar-refractivity contribution in [3.05, 3.63) is 44.8 Å². The van der Waals surface area contributed by atoms with Gasteiger partial charge >= 0.3 is 0 Å². The van der Waals surface area contributed by atoms with Gasteiger partial charge in [0.2, 0.25) is 11.8 Å². The van der Waals surface area contributed by atoms with Gasteiger partial charge in [-0.1, -0.05) is 15.9 Å². The first-order chi connectivity index (χ1) is 12.0. The van der Waals surface area contributed by atoms with Crippen LogP contribution in [0.2, 0.25) is 0 Å². The van der Waals surface area contributed by atoms with E-state index in [9.17, 15) is 9.59 Å². The molecule has 3 heterocycles. The highest BCUT2D eigenvalue weighted by molar-refractivity contribution is 9.10. The summed E-state index contributed by atoms with van der Waals surface area (Å²) in [5.74, 6) is 0.164. The lowest BCUT2D eigenvalue weighted by atomic mass is 9.81. The fraction of sp³-hybridized carbons (Fsp3) is 0.389. The summed E-state index contributed by atoms with van der Waals surface area (Å²) in [4.78, 5) is 32.7. The lowest BCUT2D eigenvalue weighted by Gasteiger charge is -2.25. The van der Waals surface area contributed by atoms with Gasteiger partial charge < -0.3 is 9.80 Å². The second-order valence-electron chi connectivity index (χ2n) is 6.71. The maximum absolute atomic E-state index is 12.9. The summed E-state index contributed by atoms with van der Waals surface area (Å²) in [7, 11) is 0. The fourth-order valence-electron chi connectivity index (χ4n) is 3.92. The predicted molar refractivity (Wildman–Crippen MR) is 101 cm³/mol. The van der Waals surface area contributed by atoms with Crippen LogP contribution in [-0.2, 0) is 21.4 Å². The van der Waals surface area contributed by atoms with E-state index in [2.05, 4.69) is 27.0 Å². The van der Waals surface area contributed by atoms with Gasteiger partial charge in [0.15, 0.2) is 0 Å². The molecular weight excluding hydrogens is 402 g/mol. The van der Waals surface area contributed by atoms with Crippen molar-refractivity contribution in [1.82, 2.24) is 9.88 Å². The number of hydrogen-bond acceptors (Lipinski definition) is 4. The van der Waals surface area contributed by atoms with E-state index < -0.39 is 0 Å². The third kappa shape index (κ3) is 2.89. The smallest absolute Gasteiger partial charge is 0.233 e. The van der Waals surface area contributed by atoms with Crippen molar-refractivity contribution in [2.24, 2.45) is 0 Å². The van der Waals surface area contributed by atoms with E-state index >= 15 is 0 Å². The molecule has 2 aromatic rings. The Bertz CT molecular complexity index is 839. The molecule has 1 spiro atoms. The summed E-state index contributed by atoms with van der Waals surface area (Å²) in [5.41, 5.74) is 1.97. The predicted octanol–water partition coefficient (Wildman–Crippen LogP) is 2.98. The summed E-state index contributed by atoms with van der Waals surface area (Å²) in [6, 6.07) is 6.08. The number of thiazole rings is 1. The third-order valence-corrected chi connectivity index (χ3v) is 6.44. The molecule has 1 saturated heterocycles. The molecule has 7 heteroatoms. The first kappa shape index (κ1) is 16.7. The number of fused-ring (bicyclic) bond motifs is 2. The van der Waals surface area contributed by atoms with E-state index in [0.29, 0.717) is 19.5 Å². The molecule has 0 radical (unpaired) electrons. The van der Waals surface area contributed by atoms with Crippen molar-refractivity contribution in [3.63, 3.8) is 0 Å². The molecule has 1 aromatic carbocycles. The molecule has 1 fully saturated rings. The number of anilines is 1. The molecule has 4 rings (SSSR count). The largest absolute Gasteiger partial charge is 0.342 e. The highest BCUT2D eigenvalue weighted by Gasteiger charge is 2.49. The Morgan fingerprint density at radius 2 is 2.20 bits per heavy atom. The van der Waals surface area contributed by atoms with Crippen LogP contribution in [0, 0.1) is 0 Å². The second-order valence-corrected chi connectivity index (χ2v) is 8.61. The van der Waals surface area contributed by atoms with Gasteiger partial charge in [0.1, 0.15) is 5.01 Å². The number of halogens is 1. The topological polar surface area (TPSA) is 53.5 Å². The minimum Gasteiger partial charge on any atom is -0.342 e. The zero-order chi connectivity index (χ0) is 17.6. The number of amides is 2. The van der Waals surface area contributed by atoms with Crippen LogP contribution in [0.5, 0.6) is 0 Å². The van der Waals surface area contributed by atoms with Gasteiger partial charge in [0.25, 0.3) is 0 Å². The lowest BCUT2D eigenvalue weighted by Crippen LogP contribution is -2.40. The van der Waals surface area contributed by atoms with E-state index in [0.717, 1.165) is 33.7 Å². The van der Waals surface area contributed by atoms with Crippen molar-refractivity contribution < 1.29 is 9.59 Å². The Balaban J connectivity index is 1.68. The fourth-order valence-corrected chi connectivity index (χ4v) is 4.89. The minimum absolute atomic E-state index is 0.0664. The van der Waals surface area contributed by atoms with Gasteiger partial charge in [-0.3, -0.25) is 9.59 Å². The average molecular weight is 420 g/mol. The van der Waals surface area contributed by atoms with Crippen molar-refractivity contribution >= 4 is 44.8 Å². The molecule has 1 aromatic heterocycles. The van der Waals surface area contributed by atoms with E-state index in [1.54, 1.807) is 13.1 Å². The summed E-state index contributed by atoms with van der Waals surface area (Å²) < 4.78 is 1.00. The highest BCUT2D eigenvalue weighted by Crippen LogP contribution is 2.47. The first-order valence-corrected chi connectivity index (χ1v) is 9.90. The molecule has 25 heavy (non-hydrogen) atoms. The van der Waals surface area contributed by atoms with Crippen molar-refractivity contribution in [1.29, 1.82) is 0 Å². The quantitative estimate of drug-likeness (QED) is 0.751. The summed E-state index contributed by atoms with van der Waals surface area (Å²) >= 11 is 5.06. The van der Waals surface area contributed by atoms with Crippen molar-refractivity contribution in [2.45, 2.75) is 25.2 Å². The van der Waals surface area contributed by atoms with Gasteiger partial charge in [0, 0.05) is 53.7 Å². The van der Waals surface area contributed by atoms with E-state index in [1.807, 2.05) is 27.3 Å². The van der Waals surface area contributed by atoms with Gasteiger partial charge in [-0.05, 0) is 30.2 Å². The van der Waals surface area contributed by atoms with Gasteiger partial charge in [0.05, 0.1) is 6.42 Å². The summed E-state index contributed by atoms with van der Waals surface area (Å²) in [5, 5.41) is 2.72. The number of aromatic nitrogens is 1. The Morgan fingerprint density at radius 1 is 1.36 bits per heavy atom. The van der Waals surface area contributed by atoms with Crippen LogP contribution in [0.4, 0.5) is 5.69 Å². The van der Waals surface area contributed by atoms with E-state index in [4.69, 9.17) is 0 Å². The maximum atomic E-state index is 12.9. The number of hydrogen-bond donors (Lipinski definition) is 0. The SMILES string of the molecule is CC(=O)N1CC[C@@]2(C1)CN(C(=O)Cc1nccs1)c1ccc(Br)cc12. The van der Waals surface area contributed by atoms with Crippen LogP contribution in [0.15, 0.2) is 34.2 Å². The number of likely N-dealkylation sites (tertiary alicyclic amines) is 1. The monoisotopic (exact) mass is 419 g/mol. The molecule has 0 saturated carbocycles. The molecule has 0 unspecified atom stereocenters. The minimum atomic E-state index is -0.163. The average Bonchev–Trinajstić information content (AvgIpc) is 3.28. The zero-order valence-electron chi connectivity index (χ0n) is 13.9.